The van der Waals surface area contributed by atoms with Crippen LogP contribution >= 0.6 is 0 Å². The molecule has 0 amide bonds. The lowest BCUT2D eigenvalue weighted by molar-refractivity contribution is -0.129. The van der Waals surface area contributed by atoms with Crippen LogP contribution in [-0.4, -0.2) is 29.8 Å². The van der Waals surface area contributed by atoms with Crippen molar-refractivity contribution in [3.8, 4) is 0 Å². The molecule has 0 aromatic carbocycles. The minimum atomic E-state index is -0.179. The largest absolute Gasteiger partial charge is 0.298 e. The lowest BCUT2D eigenvalue weighted by atomic mass is 9.78. The minimum absolute atomic E-state index is 0.179. The van der Waals surface area contributed by atoms with Crippen LogP contribution in [-0.2, 0) is 4.79 Å². The zero-order valence-electron chi connectivity index (χ0n) is 11.7. The summed E-state index contributed by atoms with van der Waals surface area (Å²) in [4.78, 5) is 14.7. The van der Waals surface area contributed by atoms with Crippen LogP contribution in [0.25, 0.3) is 0 Å². The zero-order valence-corrected chi connectivity index (χ0v) is 11.7. The van der Waals surface area contributed by atoms with Crippen LogP contribution in [0.2, 0.25) is 0 Å². The van der Waals surface area contributed by atoms with Gasteiger partial charge in [0.2, 0.25) is 0 Å². The molecule has 0 aromatic rings. The molecule has 0 bridgehead atoms. The summed E-state index contributed by atoms with van der Waals surface area (Å²) in [6.07, 6.45) is 8.17. The predicted molar refractivity (Wildman–Crippen MR) is 71.0 cm³/mol. The highest BCUT2D eigenvalue weighted by Crippen LogP contribution is 2.35. The molecule has 2 nitrogen and oxygen atoms in total. The second-order valence-electron chi connectivity index (χ2n) is 6.90. The van der Waals surface area contributed by atoms with E-state index < -0.39 is 0 Å². The molecule has 2 heteroatoms. The van der Waals surface area contributed by atoms with Crippen molar-refractivity contribution in [2.45, 2.75) is 65.3 Å². The standard InChI is InChI=1S/C15H27NO/c1-15(2,3)14(17)11-16-10-6-8-12-7-4-5-9-13(12)16/h12-13H,4-11H2,1-3H3/t12-,13-/m1/s1. The van der Waals surface area contributed by atoms with E-state index in [1.165, 1.54) is 38.5 Å². The summed E-state index contributed by atoms with van der Waals surface area (Å²) < 4.78 is 0. The van der Waals surface area contributed by atoms with Crippen LogP contribution in [0.1, 0.15) is 59.3 Å². The molecular weight excluding hydrogens is 210 g/mol. The number of rotatable bonds is 2. The number of fused-ring (bicyclic) bond motifs is 1. The van der Waals surface area contributed by atoms with Gasteiger partial charge in [0.25, 0.3) is 0 Å². The maximum Gasteiger partial charge on any atom is 0.152 e. The summed E-state index contributed by atoms with van der Waals surface area (Å²) in [5.41, 5.74) is -0.179. The maximum atomic E-state index is 12.2. The van der Waals surface area contributed by atoms with Crippen molar-refractivity contribution in [1.82, 2.24) is 4.90 Å². The highest BCUT2D eigenvalue weighted by atomic mass is 16.1. The van der Waals surface area contributed by atoms with Crippen LogP contribution < -0.4 is 0 Å². The Morgan fingerprint density at radius 2 is 1.76 bits per heavy atom. The van der Waals surface area contributed by atoms with Gasteiger partial charge < -0.3 is 0 Å². The first-order chi connectivity index (χ1) is 7.98. The molecule has 0 radical (unpaired) electrons. The number of carbonyl (C=O) groups is 1. The Hall–Kier alpha value is -0.370. The fourth-order valence-electron chi connectivity index (χ4n) is 3.35. The molecule has 0 spiro atoms. The number of hydrogen-bond acceptors (Lipinski definition) is 2. The number of hydrogen-bond donors (Lipinski definition) is 0. The highest BCUT2D eigenvalue weighted by Gasteiger charge is 2.35. The molecule has 1 aliphatic carbocycles. The molecule has 1 heterocycles. The van der Waals surface area contributed by atoms with E-state index >= 15 is 0 Å². The van der Waals surface area contributed by atoms with Gasteiger partial charge >= 0.3 is 0 Å². The van der Waals surface area contributed by atoms with E-state index in [0.717, 1.165) is 12.5 Å². The Balaban J connectivity index is 1.97. The van der Waals surface area contributed by atoms with Crippen LogP contribution in [0.4, 0.5) is 0 Å². The van der Waals surface area contributed by atoms with Gasteiger partial charge in [-0.1, -0.05) is 33.6 Å². The fraction of sp³-hybridized carbons (Fsp3) is 0.933. The molecule has 1 saturated carbocycles. The third kappa shape index (κ3) is 3.09. The second-order valence-corrected chi connectivity index (χ2v) is 6.90. The topological polar surface area (TPSA) is 20.3 Å². The number of Topliss-reactive ketones (excluding diaryl/α,β-unsaturated/α-hetero) is 1. The molecule has 1 aliphatic heterocycles. The van der Waals surface area contributed by atoms with Gasteiger partial charge in [-0.2, -0.15) is 0 Å². The van der Waals surface area contributed by atoms with Crippen LogP contribution in [0, 0.1) is 11.3 Å². The Bertz CT molecular complexity index is 277. The van der Waals surface area contributed by atoms with Gasteiger partial charge in [-0.05, 0) is 38.1 Å². The van der Waals surface area contributed by atoms with Crippen molar-refractivity contribution < 1.29 is 4.79 Å². The van der Waals surface area contributed by atoms with Crippen molar-refractivity contribution in [2.24, 2.45) is 11.3 Å². The first-order valence-electron chi connectivity index (χ1n) is 7.26. The third-order valence-corrected chi connectivity index (χ3v) is 4.54. The Morgan fingerprint density at radius 3 is 2.47 bits per heavy atom. The van der Waals surface area contributed by atoms with Gasteiger partial charge in [0.05, 0.1) is 6.54 Å². The highest BCUT2D eigenvalue weighted by molar-refractivity contribution is 5.85. The molecule has 17 heavy (non-hydrogen) atoms. The van der Waals surface area contributed by atoms with Crippen molar-refractivity contribution in [1.29, 1.82) is 0 Å². The van der Waals surface area contributed by atoms with E-state index in [9.17, 15) is 4.79 Å². The summed E-state index contributed by atoms with van der Waals surface area (Å²) in [5, 5.41) is 0. The molecule has 2 atom stereocenters. The number of ketones is 1. The molecule has 0 N–H and O–H groups in total. The average molecular weight is 237 g/mol. The molecule has 98 valence electrons. The van der Waals surface area contributed by atoms with E-state index in [1.807, 2.05) is 20.8 Å². The van der Waals surface area contributed by atoms with E-state index in [4.69, 9.17) is 0 Å². The summed E-state index contributed by atoms with van der Waals surface area (Å²) in [7, 11) is 0. The average Bonchev–Trinajstić information content (AvgIpc) is 2.28. The van der Waals surface area contributed by atoms with Crippen LogP contribution in [0.5, 0.6) is 0 Å². The van der Waals surface area contributed by atoms with E-state index in [0.29, 0.717) is 18.4 Å². The molecule has 2 rings (SSSR count). The first-order valence-corrected chi connectivity index (χ1v) is 7.26. The van der Waals surface area contributed by atoms with Gasteiger partial charge in [0, 0.05) is 11.5 Å². The normalized spacial score (nSPS) is 31.0. The monoisotopic (exact) mass is 237 g/mol. The SMILES string of the molecule is CC(C)(C)C(=O)CN1CCC[C@H]2CCCC[C@H]21. The van der Waals surface area contributed by atoms with Crippen molar-refractivity contribution >= 4 is 5.78 Å². The number of piperidine rings is 1. The summed E-state index contributed by atoms with van der Waals surface area (Å²) in [5.74, 6) is 1.29. The maximum absolute atomic E-state index is 12.2. The quantitative estimate of drug-likeness (QED) is 0.735. The Morgan fingerprint density at radius 1 is 1.12 bits per heavy atom. The van der Waals surface area contributed by atoms with Crippen LogP contribution in [0.3, 0.4) is 0 Å². The van der Waals surface area contributed by atoms with Gasteiger partial charge in [0.1, 0.15) is 0 Å². The van der Waals surface area contributed by atoms with Gasteiger partial charge in [-0.3, -0.25) is 9.69 Å². The van der Waals surface area contributed by atoms with Crippen molar-refractivity contribution in [2.75, 3.05) is 13.1 Å². The third-order valence-electron chi connectivity index (χ3n) is 4.54. The number of carbonyl (C=O) groups excluding carboxylic acids is 1. The van der Waals surface area contributed by atoms with Crippen molar-refractivity contribution in [3.63, 3.8) is 0 Å². The predicted octanol–water partition coefficient (Wildman–Crippen LogP) is 3.26. The van der Waals surface area contributed by atoms with E-state index in [2.05, 4.69) is 4.90 Å². The van der Waals surface area contributed by atoms with E-state index in [1.54, 1.807) is 0 Å². The zero-order chi connectivity index (χ0) is 12.5. The van der Waals surface area contributed by atoms with Crippen LogP contribution in [0.15, 0.2) is 0 Å². The summed E-state index contributed by atoms with van der Waals surface area (Å²) in [6, 6.07) is 0.712. The fourth-order valence-corrected chi connectivity index (χ4v) is 3.35. The minimum Gasteiger partial charge on any atom is -0.298 e. The first kappa shape index (κ1) is 13.1. The second kappa shape index (κ2) is 5.09. The smallest absolute Gasteiger partial charge is 0.152 e. The van der Waals surface area contributed by atoms with Crippen molar-refractivity contribution in [3.05, 3.63) is 0 Å². The molecule has 0 aromatic heterocycles. The van der Waals surface area contributed by atoms with Gasteiger partial charge in [0.15, 0.2) is 5.78 Å². The molecule has 2 aliphatic rings. The van der Waals surface area contributed by atoms with E-state index in [-0.39, 0.29) is 5.41 Å². The van der Waals surface area contributed by atoms with Gasteiger partial charge in [-0.15, -0.1) is 0 Å². The Labute approximate surface area is 106 Å². The molecule has 0 unspecified atom stereocenters. The summed E-state index contributed by atoms with van der Waals surface area (Å²) >= 11 is 0. The molecule has 1 saturated heterocycles. The lowest BCUT2D eigenvalue weighted by Crippen LogP contribution is -2.50. The molecule has 2 fully saturated rings. The molecular formula is C15H27NO. The van der Waals surface area contributed by atoms with Gasteiger partial charge in [-0.25, -0.2) is 0 Å². The number of nitrogens with zero attached hydrogens (tertiary/aromatic N) is 1. The Kier molecular flexibility index (Phi) is 3.92. The lowest BCUT2D eigenvalue weighted by Gasteiger charge is -2.44. The summed E-state index contributed by atoms with van der Waals surface area (Å²) in [6.45, 7) is 7.94. The number of likely N-dealkylation sites (tertiary alicyclic amines) is 1.